The maximum atomic E-state index is 12.9. The number of aryl methyl sites for hydroxylation is 1. The topological polar surface area (TPSA) is 72.7 Å². The Kier molecular flexibility index (Phi) is 5.50. The maximum absolute atomic E-state index is 12.9. The van der Waals surface area contributed by atoms with Gasteiger partial charge in [-0.3, -0.25) is 4.79 Å². The summed E-state index contributed by atoms with van der Waals surface area (Å²) in [6.07, 6.45) is -4.46. The van der Waals surface area contributed by atoms with Crippen LogP contribution < -0.4 is 10.7 Å². The van der Waals surface area contributed by atoms with Gasteiger partial charge in [0, 0.05) is 22.5 Å². The first-order valence-corrected chi connectivity index (χ1v) is 10.1. The van der Waals surface area contributed by atoms with Gasteiger partial charge >= 0.3 is 6.18 Å². The van der Waals surface area contributed by atoms with Gasteiger partial charge in [-0.15, -0.1) is 10.2 Å². The van der Waals surface area contributed by atoms with Crippen LogP contribution in [0.4, 0.5) is 24.0 Å². The SMILES string of the molecule is Cc1cc(=O)c(-c2nnc(Nc3cccc(C(F)(F)F)c3)s2)nn1-c1ccc(Cl)cc1. The van der Waals surface area contributed by atoms with Gasteiger partial charge in [0.15, 0.2) is 10.7 Å². The van der Waals surface area contributed by atoms with E-state index in [1.165, 1.54) is 18.2 Å². The third kappa shape index (κ3) is 4.59. The fourth-order valence-electron chi connectivity index (χ4n) is 2.81. The molecule has 0 aliphatic rings. The van der Waals surface area contributed by atoms with Gasteiger partial charge in [0.1, 0.15) is 0 Å². The highest BCUT2D eigenvalue weighted by atomic mass is 35.5. The van der Waals surface area contributed by atoms with Crippen molar-refractivity contribution in [1.82, 2.24) is 20.0 Å². The molecule has 158 valence electrons. The lowest BCUT2D eigenvalue weighted by atomic mass is 10.2. The number of benzene rings is 2. The summed E-state index contributed by atoms with van der Waals surface area (Å²) in [6, 6.07) is 13.1. The first-order chi connectivity index (χ1) is 14.7. The second-order valence-corrected chi connectivity index (χ2v) is 7.92. The van der Waals surface area contributed by atoms with Crippen molar-refractivity contribution >= 4 is 33.8 Å². The summed E-state index contributed by atoms with van der Waals surface area (Å²) in [5, 5.41) is 16.1. The highest BCUT2D eigenvalue weighted by Gasteiger charge is 2.30. The van der Waals surface area contributed by atoms with Crippen molar-refractivity contribution in [3.8, 4) is 16.4 Å². The fraction of sp³-hybridized carbons (Fsp3) is 0.100. The lowest BCUT2D eigenvalue weighted by molar-refractivity contribution is -0.137. The molecule has 0 aliphatic carbocycles. The second-order valence-electron chi connectivity index (χ2n) is 6.50. The van der Waals surface area contributed by atoms with Crippen LogP contribution in [-0.2, 0) is 6.18 Å². The lowest BCUT2D eigenvalue weighted by Crippen LogP contribution is -2.15. The van der Waals surface area contributed by atoms with Gasteiger partial charge < -0.3 is 5.32 Å². The molecule has 0 radical (unpaired) electrons. The molecule has 0 saturated heterocycles. The monoisotopic (exact) mass is 463 g/mol. The molecule has 0 spiro atoms. The van der Waals surface area contributed by atoms with E-state index in [2.05, 4.69) is 20.6 Å². The van der Waals surface area contributed by atoms with Gasteiger partial charge in [0.25, 0.3) is 0 Å². The summed E-state index contributed by atoms with van der Waals surface area (Å²) in [6.45, 7) is 1.74. The average molecular weight is 464 g/mol. The zero-order valence-electron chi connectivity index (χ0n) is 15.8. The Morgan fingerprint density at radius 1 is 1.06 bits per heavy atom. The largest absolute Gasteiger partial charge is 0.416 e. The van der Waals surface area contributed by atoms with Crippen LogP contribution in [0.5, 0.6) is 0 Å². The number of nitrogens with zero attached hydrogens (tertiary/aromatic N) is 4. The predicted octanol–water partition coefficient (Wildman–Crippen LogP) is 5.48. The molecule has 0 amide bonds. The van der Waals surface area contributed by atoms with Gasteiger partial charge in [-0.2, -0.15) is 18.3 Å². The van der Waals surface area contributed by atoms with Crippen molar-refractivity contribution in [2.24, 2.45) is 0 Å². The fourth-order valence-corrected chi connectivity index (χ4v) is 3.68. The Hall–Kier alpha value is -3.24. The number of alkyl halides is 3. The number of hydrogen-bond donors (Lipinski definition) is 1. The summed E-state index contributed by atoms with van der Waals surface area (Å²) in [4.78, 5) is 12.5. The van der Waals surface area contributed by atoms with Crippen molar-refractivity contribution in [3.63, 3.8) is 0 Å². The van der Waals surface area contributed by atoms with E-state index < -0.39 is 11.7 Å². The molecule has 2 aromatic heterocycles. The first kappa shape index (κ1) is 21.0. The van der Waals surface area contributed by atoms with E-state index in [9.17, 15) is 18.0 Å². The van der Waals surface area contributed by atoms with E-state index in [0.29, 0.717) is 16.4 Å². The number of rotatable bonds is 4. The number of anilines is 2. The minimum absolute atomic E-state index is 0.0788. The number of hydrogen-bond acceptors (Lipinski definition) is 6. The van der Waals surface area contributed by atoms with E-state index in [4.69, 9.17) is 11.6 Å². The van der Waals surface area contributed by atoms with Crippen LogP contribution in [0.2, 0.25) is 5.02 Å². The molecule has 1 N–H and O–H groups in total. The van der Waals surface area contributed by atoms with Crippen LogP contribution in [-0.4, -0.2) is 20.0 Å². The molecule has 0 unspecified atom stereocenters. The normalized spacial score (nSPS) is 11.5. The first-order valence-electron chi connectivity index (χ1n) is 8.86. The van der Waals surface area contributed by atoms with Crippen molar-refractivity contribution in [2.45, 2.75) is 13.1 Å². The molecule has 11 heteroatoms. The zero-order chi connectivity index (χ0) is 22.2. The van der Waals surface area contributed by atoms with Crippen LogP contribution in [0, 0.1) is 6.92 Å². The molecule has 4 aromatic rings. The third-order valence-corrected chi connectivity index (χ3v) is 5.34. The van der Waals surface area contributed by atoms with Crippen molar-refractivity contribution in [2.75, 3.05) is 5.32 Å². The highest BCUT2D eigenvalue weighted by molar-refractivity contribution is 7.18. The standard InChI is InChI=1S/C20H13ClF3N5OS/c1-11-9-16(30)17(28-29(11)15-7-5-13(21)6-8-15)18-26-27-19(31-18)25-14-4-2-3-12(10-14)20(22,23)24/h2-10H,1H3,(H,25,27). The van der Waals surface area contributed by atoms with Crippen LogP contribution in [0.3, 0.4) is 0 Å². The Bertz CT molecular complexity index is 1300. The minimum atomic E-state index is -4.46. The maximum Gasteiger partial charge on any atom is 0.416 e. The Balaban J connectivity index is 1.66. The summed E-state index contributed by atoms with van der Waals surface area (Å²) in [5.74, 6) is 0. The van der Waals surface area contributed by atoms with Crippen molar-refractivity contribution < 1.29 is 13.2 Å². The number of aromatic nitrogens is 4. The van der Waals surface area contributed by atoms with Crippen molar-refractivity contribution in [3.05, 3.63) is 81.1 Å². The highest BCUT2D eigenvalue weighted by Crippen LogP contribution is 2.32. The molecular weight excluding hydrogens is 451 g/mol. The smallest absolute Gasteiger partial charge is 0.330 e. The average Bonchev–Trinajstić information content (AvgIpc) is 3.17. The van der Waals surface area contributed by atoms with Gasteiger partial charge in [0.05, 0.1) is 11.3 Å². The zero-order valence-corrected chi connectivity index (χ0v) is 17.4. The van der Waals surface area contributed by atoms with E-state index >= 15 is 0 Å². The second kappa shape index (κ2) is 8.12. The Morgan fingerprint density at radius 2 is 1.81 bits per heavy atom. The van der Waals surface area contributed by atoms with Crippen LogP contribution in [0.15, 0.2) is 59.4 Å². The van der Waals surface area contributed by atoms with Gasteiger partial charge in [-0.25, -0.2) is 4.68 Å². The van der Waals surface area contributed by atoms with Gasteiger partial charge in [-0.05, 0) is 49.4 Å². The third-order valence-electron chi connectivity index (χ3n) is 4.25. The van der Waals surface area contributed by atoms with Crippen LogP contribution in [0.25, 0.3) is 16.4 Å². The summed E-state index contributed by atoms with van der Waals surface area (Å²) >= 11 is 6.94. The number of nitrogens with one attached hydrogen (secondary N) is 1. The predicted molar refractivity (Wildman–Crippen MR) is 113 cm³/mol. The molecule has 31 heavy (non-hydrogen) atoms. The lowest BCUT2D eigenvalue weighted by Gasteiger charge is -2.10. The van der Waals surface area contributed by atoms with E-state index in [1.807, 2.05) is 0 Å². The molecule has 0 fully saturated rings. The van der Waals surface area contributed by atoms with E-state index in [-0.39, 0.29) is 26.9 Å². The molecule has 0 saturated carbocycles. The summed E-state index contributed by atoms with van der Waals surface area (Å²) in [5.41, 5.74) is 0.471. The molecule has 0 aliphatic heterocycles. The molecule has 2 heterocycles. The quantitative estimate of drug-likeness (QED) is 0.434. The molecule has 6 nitrogen and oxygen atoms in total. The molecule has 0 atom stereocenters. The summed E-state index contributed by atoms with van der Waals surface area (Å²) < 4.78 is 40.3. The van der Waals surface area contributed by atoms with Gasteiger partial charge in [0.2, 0.25) is 10.6 Å². The van der Waals surface area contributed by atoms with Crippen LogP contribution >= 0.6 is 22.9 Å². The summed E-state index contributed by atoms with van der Waals surface area (Å²) in [7, 11) is 0. The van der Waals surface area contributed by atoms with E-state index in [1.54, 1.807) is 35.9 Å². The Morgan fingerprint density at radius 3 is 2.52 bits per heavy atom. The van der Waals surface area contributed by atoms with Gasteiger partial charge in [-0.1, -0.05) is 29.0 Å². The van der Waals surface area contributed by atoms with E-state index in [0.717, 1.165) is 23.5 Å². The van der Waals surface area contributed by atoms with Crippen molar-refractivity contribution in [1.29, 1.82) is 0 Å². The molecule has 2 aromatic carbocycles. The molecular formula is C20H13ClF3N5OS. The molecule has 0 bridgehead atoms. The number of halogens is 4. The van der Waals surface area contributed by atoms with Crippen LogP contribution in [0.1, 0.15) is 11.3 Å². The Labute approximate surface area is 183 Å². The molecule has 4 rings (SSSR count). The minimum Gasteiger partial charge on any atom is -0.330 e.